The van der Waals surface area contributed by atoms with Crippen molar-refractivity contribution in [2.75, 3.05) is 6.61 Å². The number of aromatic nitrogens is 1. The predicted molar refractivity (Wildman–Crippen MR) is 72.9 cm³/mol. The molecule has 3 N–H and O–H groups in total. The number of rotatable bonds is 5. The van der Waals surface area contributed by atoms with E-state index in [0.717, 1.165) is 16.3 Å². The van der Waals surface area contributed by atoms with E-state index in [0.29, 0.717) is 6.61 Å². The lowest BCUT2D eigenvalue weighted by atomic mass is 10.0. The van der Waals surface area contributed by atoms with Gasteiger partial charge in [-0.1, -0.05) is 18.2 Å². The Morgan fingerprint density at radius 2 is 2.17 bits per heavy atom. The molecule has 2 rings (SSSR count). The first-order chi connectivity index (χ1) is 8.72. The number of nitrogens with one attached hydrogen (secondary N) is 1. The number of pyridine rings is 1. The monoisotopic (exact) mass is 245 g/mol. The molecule has 0 aliphatic heterocycles. The van der Waals surface area contributed by atoms with Gasteiger partial charge in [0.1, 0.15) is 0 Å². The normalized spacial score (nSPS) is 13.1. The van der Waals surface area contributed by atoms with Gasteiger partial charge >= 0.3 is 0 Å². The summed E-state index contributed by atoms with van der Waals surface area (Å²) in [4.78, 5) is 4.13. The molecule has 0 spiro atoms. The summed E-state index contributed by atoms with van der Waals surface area (Å²) in [6.07, 6.45) is 3.84. The van der Waals surface area contributed by atoms with Crippen molar-refractivity contribution in [3.05, 3.63) is 42.2 Å². The van der Waals surface area contributed by atoms with E-state index in [9.17, 15) is 0 Å². The summed E-state index contributed by atoms with van der Waals surface area (Å²) >= 11 is 0. The Labute approximate surface area is 107 Å². The summed E-state index contributed by atoms with van der Waals surface area (Å²) in [7, 11) is 0. The van der Waals surface area contributed by atoms with Crippen LogP contribution in [0.15, 0.2) is 36.7 Å². The van der Waals surface area contributed by atoms with Crippen molar-refractivity contribution in [3.63, 3.8) is 0 Å². The van der Waals surface area contributed by atoms with E-state index in [1.165, 1.54) is 0 Å². The molecule has 18 heavy (non-hydrogen) atoms. The van der Waals surface area contributed by atoms with Crippen LogP contribution in [0.25, 0.3) is 10.8 Å². The van der Waals surface area contributed by atoms with E-state index in [4.69, 9.17) is 10.6 Å². The van der Waals surface area contributed by atoms with Crippen LogP contribution in [0.4, 0.5) is 0 Å². The van der Waals surface area contributed by atoms with Gasteiger partial charge in [-0.05, 0) is 30.9 Å². The zero-order valence-corrected chi connectivity index (χ0v) is 10.8. The number of benzene rings is 1. The number of nitrogens with zero attached hydrogens (tertiary/aromatic N) is 1. The van der Waals surface area contributed by atoms with Gasteiger partial charge in [0.15, 0.2) is 0 Å². The average molecular weight is 245 g/mol. The number of hydrogen-bond donors (Lipinski definition) is 2. The van der Waals surface area contributed by atoms with E-state index < -0.39 is 0 Å². The molecule has 0 saturated carbocycles. The first-order valence-electron chi connectivity index (χ1n) is 6.12. The lowest BCUT2D eigenvalue weighted by molar-refractivity contribution is 0.0614. The number of hydrogen-bond acceptors (Lipinski definition) is 4. The molecular formula is C14H19N3O. The smallest absolute Gasteiger partial charge is 0.0700 e. The molecule has 0 fully saturated rings. The highest BCUT2D eigenvalue weighted by molar-refractivity contribution is 5.85. The van der Waals surface area contributed by atoms with Crippen LogP contribution in [0.5, 0.6) is 0 Å². The van der Waals surface area contributed by atoms with Crippen LogP contribution in [0.2, 0.25) is 0 Å². The van der Waals surface area contributed by atoms with Crippen molar-refractivity contribution in [1.29, 1.82) is 0 Å². The van der Waals surface area contributed by atoms with E-state index in [1.54, 1.807) is 6.20 Å². The van der Waals surface area contributed by atoms with Crippen LogP contribution < -0.4 is 11.3 Å². The largest absolute Gasteiger partial charge is 0.377 e. The predicted octanol–water partition coefficient (Wildman–Crippen LogP) is 2.16. The number of hydrazine groups is 1. The summed E-state index contributed by atoms with van der Waals surface area (Å²) in [5.41, 5.74) is 3.96. The molecule has 0 radical (unpaired) electrons. The molecule has 4 nitrogen and oxygen atoms in total. The zero-order valence-electron chi connectivity index (χ0n) is 10.8. The fourth-order valence-corrected chi connectivity index (χ4v) is 1.97. The second-order valence-electron chi connectivity index (χ2n) is 4.55. The minimum absolute atomic E-state index is 0.0153. The Morgan fingerprint density at radius 3 is 2.89 bits per heavy atom. The van der Waals surface area contributed by atoms with Crippen molar-refractivity contribution >= 4 is 10.8 Å². The van der Waals surface area contributed by atoms with Crippen LogP contribution in [0.3, 0.4) is 0 Å². The molecule has 1 aromatic carbocycles. The topological polar surface area (TPSA) is 60.2 Å². The third-order valence-corrected chi connectivity index (χ3v) is 2.89. The number of nitrogens with two attached hydrogens (primary N) is 1. The van der Waals surface area contributed by atoms with Gasteiger partial charge in [-0.2, -0.15) is 0 Å². The van der Waals surface area contributed by atoms with E-state index >= 15 is 0 Å². The van der Waals surface area contributed by atoms with Gasteiger partial charge in [-0.15, -0.1) is 0 Å². The van der Waals surface area contributed by atoms with Crippen molar-refractivity contribution in [3.8, 4) is 0 Å². The minimum atomic E-state index is -0.0153. The van der Waals surface area contributed by atoms with Crippen molar-refractivity contribution < 1.29 is 4.74 Å². The third kappa shape index (κ3) is 2.85. The van der Waals surface area contributed by atoms with Crippen LogP contribution in [-0.2, 0) is 4.74 Å². The second-order valence-corrected chi connectivity index (χ2v) is 4.55. The van der Waals surface area contributed by atoms with Crippen LogP contribution in [-0.4, -0.2) is 17.7 Å². The lowest BCUT2D eigenvalue weighted by Gasteiger charge is -2.19. The van der Waals surface area contributed by atoms with Gasteiger partial charge in [0.05, 0.1) is 18.8 Å². The van der Waals surface area contributed by atoms with Gasteiger partial charge in [0.2, 0.25) is 0 Å². The maximum atomic E-state index is 5.64. The fraction of sp³-hybridized carbons (Fsp3) is 0.357. The summed E-state index contributed by atoms with van der Waals surface area (Å²) in [5.74, 6) is 5.64. The Bertz CT molecular complexity index is 508. The highest BCUT2D eigenvalue weighted by Gasteiger charge is 2.13. The fourth-order valence-electron chi connectivity index (χ4n) is 1.97. The lowest BCUT2D eigenvalue weighted by Crippen LogP contribution is -2.32. The highest BCUT2D eigenvalue weighted by atomic mass is 16.5. The molecule has 96 valence electrons. The molecular weight excluding hydrogens is 226 g/mol. The summed E-state index contributed by atoms with van der Waals surface area (Å²) in [6.45, 7) is 4.58. The van der Waals surface area contributed by atoms with Crippen molar-refractivity contribution in [2.45, 2.75) is 26.0 Å². The molecule has 1 atom stereocenters. The van der Waals surface area contributed by atoms with Gasteiger partial charge in [-0.25, -0.2) is 0 Å². The Kier molecular flexibility index (Phi) is 4.25. The minimum Gasteiger partial charge on any atom is -0.377 e. The molecule has 2 aromatic rings. The van der Waals surface area contributed by atoms with Gasteiger partial charge in [0, 0.05) is 17.8 Å². The Balaban J connectivity index is 2.32. The standard InChI is InChI=1S/C14H19N3O/c1-10(2)18-9-14(17-15)13-5-3-4-11-8-16-7-6-12(11)13/h3-8,10,14,17H,9,15H2,1-2H3. The molecule has 0 aliphatic carbocycles. The average Bonchev–Trinajstić information content (AvgIpc) is 2.39. The first kappa shape index (κ1) is 13.0. The first-order valence-corrected chi connectivity index (χ1v) is 6.12. The van der Waals surface area contributed by atoms with Crippen molar-refractivity contribution in [2.24, 2.45) is 5.84 Å². The Hall–Kier alpha value is -1.49. The number of ether oxygens (including phenoxy) is 1. The van der Waals surface area contributed by atoms with Crippen molar-refractivity contribution in [1.82, 2.24) is 10.4 Å². The molecule has 0 aliphatic rings. The molecule has 0 bridgehead atoms. The maximum Gasteiger partial charge on any atom is 0.0700 e. The molecule has 0 amide bonds. The second kappa shape index (κ2) is 5.91. The van der Waals surface area contributed by atoms with Crippen LogP contribution in [0, 0.1) is 0 Å². The molecule has 1 unspecified atom stereocenters. The van der Waals surface area contributed by atoms with Gasteiger partial charge in [0.25, 0.3) is 0 Å². The zero-order chi connectivity index (χ0) is 13.0. The van der Waals surface area contributed by atoms with E-state index in [2.05, 4.69) is 16.5 Å². The molecule has 1 aromatic heterocycles. The summed E-state index contributed by atoms with van der Waals surface area (Å²) in [5, 5.41) is 2.27. The van der Waals surface area contributed by atoms with Crippen LogP contribution in [0.1, 0.15) is 25.5 Å². The molecule has 0 saturated heterocycles. The number of fused-ring (bicyclic) bond motifs is 1. The molecule has 1 heterocycles. The summed E-state index contributed by atoms with van der Waals surface area (Å²) in [6, 6.07) is 8.11. The Morgan fingerprint density at radius 1 is 1.33 bits per heavy atom. The van der Waals surface area contributed by atoms with E-state index in [-0.39, 0.29) is 12.1 Å². The van der Waals surface area contributed by atoms with Gasteiger partial charge in [-0.3, -0.25) is 16.3 Å². The SMILES string of the molecule is CC(C)OCC(NN)c1cccc2cnccc12. The highest BCUT2D eigenvalue weighted by Crippen LogP contribution is 2.23. The van der Waals surface area contributed by atoms with E-state index in [1.807, 2.05) is 38.2 Å². The van der Waals surface area contributed by atoms with Gasteiger partial charge < -0.3 is 4.74 Å². The quantitative estimate of drug-likeness (QED) is 0.626. The third-order valence-electron chi connectivity index (χ3n) is 2.89. The van der Waals surface area contributed by atoms with Crippen LogP contribution >= 0.6 is 0 Å². The maximum absolute atomic E-state index is 5.64. The summed E-state index contributed by atoms with van der Waals surface area (Å²) < 4.78 is 5.64. The molecule has 4 heteroatoms.